The van der Waals surface area contributed by atoms with E-state index in [1.807, 2.05) is 13.8 Å². The van der Waals surface area contributed by atoms with Crippen LogP contribution in [-0.4, -0.2) is 40.9 Å². The number of aliphatic hydroxyl groups is 2. The molecule has 2 aromatic carbocycles. The van der Waals surface area contributed by atoms with Crippen molar-refractivity contribution in [2.45, 2.75) is 122 Å². The molecule has 2 fully saturated rings. The van der Waals surface area contributed by atoms with Gasteiger partial charge < -0.3 is 20.8 Å². The summed E-state index contributed by atoms with van der Waals surface area (Å²) in [6.07, 6.45) is 4.57. The Morgan fingerprint density at radius 2 is 1.61 bits per heavy atom. The number of halogens is 2. The van der Waals surface area contributed by atoms with Crippen LogP contribution in [0, 0.1) is 22.5 Å². The average Bonchev–Trinajstić information content (AvgIpc) is 3.21. The molecule has 0 heterocycles. The molecule has 2 aliphatic carbocycles. The monoisotopic (exact) mass is 610 g/mol. The second kappa shape index (κ2) is 13.0. The summed E-state index contributed by atoms with van der Waals surface area (Å²) < 4.78 is 28.3. The van der Waals surface area contributed by atoms with Gasteiger partial charge in [0.15, 0.2) is 0 Å². The fourth-order valence-electron chi connectivity index (χ4n) is 7.20. The number of carbonyl (C=O) groups is 1. The highest BCUT2D eigenvalue weighted by molar-refractivity contribution is 5.86. The average molecular weight is 611 g/mol. The molecular formula is C37H52F2N2O3. The molecule has 5 nitrogen and oxygen atoms in total. The number of carbonyl (C=O) groups excluding carboxylic acids is 1. The molecule has 5 unspecified atom stereocenters. The lowest BCUT2D eigenvalue weighted by molar-refractivity contribution is -0.129. The van der Waals surface area contributed by atoms with E-state index in [1.165, 1.54) is 23.3 Å². The number of aliphatic hydroxyl groups excluding tert-OH is 2. The molecule has 5 atom stereocenters. The van der Waals surface area contributed by atoms with Crippen LogP contribution in [0.4, 0.5) is 8.78 Å². The number of benzene rings is 2. The first kappa shape index (κ1) is 34.3. The Hall–Kier alpha value is -2.61. The van der Waals surface area contributed by atoms with E-state index < -0.39 is 40.7 Å². The normalized spacial score (nSPS) is 25.8. The van der Waals surface area contributed by atoms with Crippen molar-refractivity contribution >= 4 is 5.91 Å². The largest absolute Gasteiger partial charge is 0.393 e. The Balaban J connectivity index is 1.60. The van der Waals surface area contributed by atoms with Gasteiger partial charge >= 0.3 is 0 Å². The van der Waals surface area contributed by atoms with Crippen LogP contribution in [0.3, 0.4) is 0 Å². The van der Waals surface area contributed by atoms with E-state index in [0.717, 1.165) is 38.2 Å². The minimum atomic E-state index is -1.05. The third-order valence-electron chi connectivity index (χ3n) is 10.7. The zero-order chi connectivity index (χ0) is 32.5. The topological polar surface area (TPSA) is 81.6 Å². The zero-order valence-electron chi connectivity index (χ0n) is 27.4. The number of amides is 1. The summed E-state index contributed by atoms with van der Waals surface area (Å²) in [5.74, 6) is -1.72. The predicted molar refractivity (Wildman–Crippen MR) is 172 cm³/mol. The smallest absolute Gasteiger partial charge is 0.230 e. The molecule has 0 aliphatic heterocycles. The molecule has 0 bridgehead atoms. The zero-order valence-corrected chi connectivity index (χ0v) is 27.4. The van der Waals surface area contributed by atoms with Gasteiger partial charge in [-0.2, -0.15) is 0 Å². The molecule has 0 aromatic heterocycles. The van der Waals surface area contributed by atoms with Crippen molar-refractivity contribution in [3.8, 4) is 0 Å². The summed E-state index contributed by atoms with van der Waals surface area (Å²) >= 11 is 0. The summed E-state index contributed by atoms with van der Waals surface area (Å²) in [7, 11) is 0. The second-order valence-electron chi connectivity index (χ2n) is 14.9. The SMILES string of the molecule is C=C1C(C)(C(=O)NC(Cc2cc(F)cc(F)c2)C(O)CNC2(c3cccc(C(C)(C)C)c3)CCCCC2)CCC1(C)C(C)O. The first-order valence-corrected chi connectivity index (χ1v) is 16.2. The lowest BCUT2D eigenvalue weighted by Gasteiger charge is -2.41. The molecule has 4 N–H and O–H groups in total. The molecule has 0 spiro atoms. The van der Waals surface area contributed by atoms with Gasteiger partial charge in [0.25, 0.3) is 0 Å². The standard InChI is InChI=1S/C37H52F2N2O3/c1-24-35(6,25(2)42)16-17-36(24,7)33(44)41-31(20-26-18-29(38)22-30(39)19-26)32(43)23-40-37(14-9-8-10-15-37)28-13-11-12-27(21-28)34(3,4)5/h11-13,18-19,21-22,25,31-32,40,42-43H,1,8-10,14-17,20,23H2,2-7H3,(H,41,44). The number of rotatable bonds is 10. The van der Waals surface area contributed by atoms with Gasteiger partial charge in [0.2, 0.25) is 5.91 Å². The molecule has 4 rings (SSSR count). The summed E-state index contributed by atoms with van der Waals surface area (Å²) in [5.41, 5.74) is 1.54. The summed E-state index contributed by atoms with van der Waals surface area (Å²) in [5, 5.41) is 28.9. The van der Waals surface area contributed by atoms with Gasteiger partial charge in [-0.3, -0.25) is 4.79 Å². The molecule has 242 valence electrons. The lowest BCUT2D eigenvalue weighted by atomic mass is 9.73. The molecular weight excluding hydrogens is 558 g/mol. The Morgan fingerprint density at radius 1 is 0.977 bits per heavy atom. The molecule has 44 heavy (non-hydrogen) atoms. The van der Waals surface area contributed by atoms with E-state index in [2.05, 4.69) is 62.2 Å². The van der Waals surface area contributed by atoms with Gasteiger partial charge in [-0.25, -0.2) is 8.78 Å². The highest BCUT2D eigenvalue weighted by Gasteiger charge is 2.53. The maximum atomic E-state index is 14.2. The van der Waals surface area contributed by atoms with E-state index in [4.69, 9.17) is 0 Å². The van der Waals surface area contributed by atoms with Gasteiger partial charge in [0, 0.05) is 23.6 Å². The van der Waals surface area contributed by atoms with Crippen LogP contribution in [-0.2, 0) is 22.2 Å². The fraction of sp³-hybridized carbons (Fsp3) is 0.595. The molecule has 2 saturated carbocycles. The Labute approximate surface area is 262 Å². The van der Waals surface area contributed by atoms with Crippen LogP contribution in [0.5, 0.6) is 0 Å². The summed E-state index contributed by atoms with van der Waals surface area (Å²) in [6, 6.07) is 11.1. The Morgan fingerprint density at radius 3 is 2.18 bits per heavy atom. The van der Waals surface area contributed by atoms with Crippen LogP contribution in [0.15, 0.2) is 54.6 Å². The van der Waals surface area contributed by atoms with Crippen molar-refractivity contribution in [3.05, 3.63) is 82.9 Å². The first-order chi connectivity index (χ1) is 20.5. The number of nitrogens with one attached hydrogen (secondary N) is 2. The van der Waals surface area contributed by atoms with E-state index in [9.17, 15) is 23.8 Å². The predicted octanol–water partition coefficient (Wildman–Crippen LogP) is 6.84. The lowest BCUT2D eigenvalue weighted by Crippen LogP contribution is -2.55. The van der Waals surface area contributed by atoms with E-state index in [1.54, 1.807) is 6.92 Å². The minimum absolute atomic E-state index is 0.00869. The van der Waals surface area contributed by atoms with E-state index in [0.29, 0.717) is 24.0 Å². The van der Waals surface area contributed by atoms with Gasteiger partial charge in [-0.15, -0.1) is 0 Å². The minimum Gasteiger partial charge on any atom is -0.393 e. The van der Waals surface area contributed by atoms with Gasteiger partial charge in [0.05, 0.1) is 23.7 Å². The third kappa shape index (κ3) is 7.11. The highest BCUT2D eigenvalue weighted by Crippen LogP contribution is 2.54. The summed E-state index contributed by atoms with van der Waals surface area (Å²) in [4.78, 5) is 13.9. The maximum absolute atomic E-state index is 14.2. The molecule has 1 amide bonds. The van der Waals surface area contributed by atoms with Crippen molar-refractivity contribution in [1.82, 2.24) is 10.6 Å². The van der Waals surface area contributed by atoms with Crippen molar-refractivity contribution in [3.63, 3.8) is 0 Å². The molecule has 2 aliphatic rings. The maximum Gasteiger partial charge on any atom is 0.230 e. The van der Waals surface area contributed by atoms with Crippen LogP contribution in [0.2, 0.25) is 0 Å². The third-order valence-corrected chi connectivity index (χ3v) is 10.7. The fourth-order valence-corrected chi connectivity index (χ4v) is 7.20. The van der Waals surface area contributed by atoms with Gasteiger partial charge in [-0.1, -0.05) is 83.4 Å². The number of hydrogen-bond acceptors (Lipinski definition) is 4. The van der Waals surface area contributed by atoms with Crippen molar-refractivity contribution < 1.29 is 23.8 Å². The highest BCUT2D eigenvalue weighted by atomic mass is 19.1. The van der Waals surface area contributed by atoms with E-state index >= 15 is 0 Å². The molecule has 0 radical (unpaired) electrons. The Kier molecular flexibility index (Phi) is 10.1. The van der Waals surface area contributed by atoms with Crippen LogP contribution in [0.1, 0.15) is 103 Å². The molecule has 2 aromatic rings. The van der Waals surface area contributed by atoms with Crippen LogP contribution in [0.25, 0.3) is 0 Å². The number of hydrogen-bond donors (Lipinski definition) is 4. The Bertz CT molecular complexity index is 1330. The summed E-state index contributed by atoms with van der Waals surface area (Å²) in [6.45, 7) is 16.5. The molecule has 7 heteroatoms. The van der Waals surface area contributed by atoms with Crippen LogP contribution >= 0.6 is 0 Å². The van der Waals surface area contributed by atoms with Crippen LogP contribution < -0.4 is 10.6 Å². The molecule has 0 saturated heterocycles. The van der Waals surface area contributed by atoms with E-state index in [-0.39, 0.29) is 29.8 Å². The van der Waals surface area contributed by atoms with Crippen molar-refractivity contribution in [2.75, 3.05) is 6.54 Å². The van der Waals surface area contributed by atoms with Crippen molar-refractivity contribution in [2.24, 2.45) is 10.8 Å². The second-order valence-corrected chi connectivity index (χ2v) is 14.9. The van der Waals surface area contributed by atoms with Gasteiger partial charge in [0.1, 0.15) is 11.6 Å². The van der Waals surface area contributed by atoms with Gasteiger partial charge in [-0.05, 0) is 80.2 Å². The first-order valence-electron chi connectivity index (χ1n) is 16.2. The van der Waals surface area contributed by atoms with Crippen molar-refractivity contribution in [1.29, 1.82) is 0 Å². The quantitative estimate of drug-likeness (QED) is 0.222.